The first-order valence-electron chi connectivity index (χ1n) is 7.57. The molecule has 0 fully saturated rings. The van der Waals surface area contributed by atoms with Gasteiger partial charge >= 0.3 is 0 Å². The number of hydrogen-bond donors (Lipinski definition) is 0. The van der Waals surface area contributed by atoms with E-state index in [1.165, 1.54) is 11.8 Å². The maximum Gasteiger partial charge on any atom is 0.246 e. The number of aryl methyl sites for hydroxylation is 2. The highest BCUT2D eigenvalue weighted by Gasteiger charge is 2.20. The predicted octanol–water partition coefficient (Wildman–Crippen LogP) is 3.32. The Morgan fingerprint density at radius 1 is 1.00 bits per heavy atom. The average molecular weight is 310 g/mol. The number of para-hydroxylation sites is 1. The predicted molar refractivity (Wildman–Crippen MR) is 93.8 cm³/mol. The highest BCUT2D eigenvalue weighted by atomic mass is 16.2. The Bertz CT molecular complexity index is 711. The van der Waals surface area contributed by atoms with Crippen LogP contribution in [0.3, 0.4) is 0 Å². The van der Waals surface area contributed by atoms with Crippen LogP contribution in [0.5, 0.6) is 0 Å². The number of likely N-dealkylation sites (N-methyl/N-ethyl adjacent to an activating group) is 1. The van der Waals surface area contributed by atoms with Crippen LogP contribution in [-0.4, -0.2) is 25.4 Å². The third-order valence-electron chi connectivity index (χ3n) is 3.85. The summed E-state index contributed by atoms with van der Waals surface area (Å²) < 4.78 is 0. The van der Waals surface area contributed by atoms with E-state index in [9.17, 15) is 9.59 Å². The van der Waals surface area contributed by atoms with Crippen LogP contribution in [0.15, 0.2) is 48.5 Å². The van der Waals surface area contributed by atoms with Crippen LogP contribution in [0.1, 0.15) is 18.1 Å². The maximum atomic E-state index is 12.6. The van der Waals surface area contributed by atoms with Crippen LogP contribution < -0.4 is 9.80 Å². The van der Waals surface area contributed by atoms with Crippen molar-refractivity contribution in [3.8, 4) is 0 Å². The van der Waals surface area contributed by atoms with Crippen LogP contribution in [0.2, 0.25) is 0 Å². The fourth-order valence-corrected chi connectivity index (χ4v) is 2.41. The molecule has 0 saturated heterocycles. The summed E-state index contributed by atoms with van der Waals surface area (Å²) in [7, 11) is 1.72. The van der Waals surface area contributed by atoms with E-state index in [2.05, 4.69) is 0 Å². The molecule has 0 aliphatic carbocycles. The Hall–Kier alpha value is -2.62. The Labute approximate surface area is 137 Å². The first-order chi connectivity index (χ1) is 10.9. The quantitative estimate of drug-likeness (QED) is 0.869. The second-order valence-electron chi connectivity index (χ2n) is 5.68. The topological polar surface area (TPSA) is 40.6 Å². The smallest absolute Gasteiger partial charge is 0.246 e. The Morgan fingerprint density at radius 3 is 2.26 bits per heavy atom. The van der Waals surface area contributed by atoms with Gasteiger partial charge in [-0.1, -0.05) is 30.3 Å². The van der Waals surface area contributed by atoms with Crippen LogP contribution in [0, 0.1) is 13.8 Å². The molecule has 0 N–H and O–H groups in total. The van der Waals surface area contributed by atoms with E-state index in [0.717, 1.165) is 22.5 Å². The number of hydrogen-bond acceptors (Lipinski definition) is 2. The molecule has 0 heterocycles. The van der Waals surface area contributed by atoms with E-state index in [0.29, 0.717) is 0 Å². The molecular formula is C19H22N2O2. The largest absolute Gasteiger partial charge is 0.314 e. The van der Waals surface area contributed by atoms with Crippen molar-refractivity contribution in [3.63, 3.8) is 0 Å². The van der Waals surface area contributed by atoms with Crippen molar-refractivity contribution in [3.05, 3.63) is 59.7 Å². The van der Waals surface area contributed by atoms with Gasteiger partial charge in [-0.15, -0.1) is 0 Å². The van der Waals surface area contributed by atoms with Crippen molar-refractivity contribution >= 4 is 23.2 Å². The van der Waals surface area contributed by atoms with Crippen molar-refractivity contribution in [2.75, 3.05) is 23.4 Å². The van der Waals surface area contributed by atoms with Crippen LogP contribution in [0.4, 0.5) is 11.4 Å². The van der Waals surface area contributed by atoms with Crippen molar-refractivity contribution in [1.82, 2.24) is 0 Å². The Kier molecular flexibility index (Phi) is 5.16. The lowest BCUT2D eigenvalue weighted by Gasteiger charge is -2.26. The fraction of sp³-hybridized carbons (Fsp3) is 0.263. The molecule has 0 unspecified atom stereocenters. The van der Waals surface area contributed by atoms with Crippen molar-refractivity contribution in [2.45, 2.75) is 20.8 Å². The number of anilines is 2. The van der Waals surface area contributed by atoms with Gasteiger partial charge in [-0.05, 0) is 43.2 Å². The second-order valence-corrected chi connectivity index (χ2v) is 5.68. The van der Waals surface area contributed by atoms with Gasteiger partial charge in [0.25, 0.3) is 0 Å². The van der Waals surface area contributed by atoms with E-state index in [4.69, 9.17) is 0 Å². The summed E-state index contributed by atoms with van der Waals surface area (Å²) in [6.45, 7) is 5.41. The minimum Gasteiger partial charge on any atom is -0.314 e. The number of carbonyl (C=O) groups excluding carboxylic acids is 2. The van der Waals surface area contributed by atoms with Crippen molar-refractivity contribution in [2.24, 2.45) is 0 Å². The van der Waals surface area contributed by atoms with Gasteiger partial charge in [0.05, 0.1) is 0 Å². The highest BCUT2D eigenvalue weighted by molar-refractivity contribution is 6.03. The third kappa shape index (κ3) is 3.97. The molecule has 0 radical (unpaired) electrons. The standard InChI is InChI=1S/C19H22N2O2/c1-14-10-11-15(2)18(12-14)21(16(3)22)13-19(23)20(4)17-8-6-5-7-9-17/h5-12H,13H2,1-4H3. The van der Waals surface area contributed by atoms with E-state index in [-0.39, 0.29) is 18.4 Å². The zero-order valence-corrected chi connectivity index (χ0v) is 14.0. The molecule has 0 spiro atoms. The summed E-state index contributed by atoms with van der Waals surface area (Å²) in [4.78, 5) is 27.7. The first kappa shape index (κ1) is 16.7. The van der Waals surface area contributed by atoms with Gasteiger partial charge in [-0.25, -0.2) is 0 Å². The van der Waals surface area contributed by atoms with Gasteiger partial charge in [0.1, 0.15) is 6.54 Å². The van der Waals surface area contributed by atoms with Crippen LogP contribution in [0.25, 0.3) is 0 Å². The molecule has 0 aliphatic heterocycles. The number of benzene rings is 2. The SMILES string of the molecule is CC(=O)N(CC(=O)N(C)c1ccccc1)c1cc(C)ccc1C. The lowest BCUT2D eigenvalue weighted by atomic mass is 10.1. The molecule has 4 nitrogen and oxygen atoms in total. The molecule has 120 valence electrons. The molecule has 0 aromatic heterocycles. The van der Waals surface area contributed by atoms with Gasteiger partial charge in [-0.3, -0.25) is 9.59 Å². The molecule has 2 amide bonds. The summed E-state index contributed by atoms with van der Waals surface area (Å²) in [5.74, 6) is -0.277. The molecule has 23 heavy (non-hydrogen) atoms. The minimum absolute atomic E-state index is 0.0189. The van der Waals surface area contributed by atoms with Gasteiger partial charge in [0.15, 0.2) is 0 Å². The molecule has 4 heteroatoms. The van der Waals surface area contributed by atoms with Crippen molar-refractivity contribution in [1.29, 1.82) is 0 Å². The van der Waals surface area contributed by atoms with Gasteiger partial charge < -0.3 is 9.80 Å². The van der Waals surface area contributed by atoms with E-state index in [1.807, 2.05) is 62.4 Å². The molecule has 2 aromatic rings. The van der Waals surface area contributed by atoms with E-state index >= 15 is 0 Å². The summed E-state index contributed by atoms with van der Waals surface area (Å²) in [5.41, 5.74) is 3.62. The third-order valence-corrected chi connectivity index (χ3v) is 3.85. The first-order valence-corrected chi connectivity index (χ1v) is 7.57. The van der Waals surface area contributed by atoms with Gasteiger partial charge in [0.2, 0.25) is 11.8 Å². The van der Waals surface area contributed by atoms with Crippen LogP contribution in [-0.2, 0) is 9.59 Å². The Morgan fingerprint density at radius 2 is 1.65 bits per heavy atom. The van der Waals surface area contributed by atoms with Crippen LogP contribution >= 0.6 is 0 Å². The fourth-order valence-electron chi connectivity index (χ4n) is 2.41. The van der Waals surface area contributed by atoms with Gasteiger partial charge in [0, 0.05) is 25.3 Å². The zero-order valence-electron chi connectivity index (χ0n) is 14.0. The normalized spacial score (nSPS) is 10.3. The van der Waals surface area contributed by atoms with Gasteiger partial charge in [-0.2, -0.15) is 0 Å². The molecule has 0 atom stereocenters. The van der Waals surface area contributed by atoms with E-state index < -0.39 is 0 Å². The minimum atomic E-state index is -0.145. The lowest BCUT2D eigenvalue weighted by molar-refractivity contribution is -0.121. The lowest BCUT2D eigenvalue weighted by Crippen LogP contribution is -2.41. The maximum absolute atomic E-state index is 12.6. The average Bonchev–Trinajstić information content (AvgIpc) is 2.54. The Balaban J connectivity index is 2.25. The van der Waals surface area contributed by atoms with E-state index in [1.54, 1.807) is 11.9 Å². The molecule has 2 aromatic carbocycles. The zero-order chi connectivity index (χ0) is 17.0. The highest BCUT2D eigenvalue weighted by Crippen LogP contribution is 2.22. The molecule has 0 saturated carbocycles. The van der Waals surface area contributed by atoms with Crippen molar-refractivity contribution < 1.29 is 9.59 Å². The molecule has 0 aliphatic rings. The second kappa shape index (κ2) is 7.09. The molecule has 2 rings (SSSR count). The number of nitrogens with zero attached hydrogens (tertiary/aromatic N) is 2. The number of rotatable bonds is 4. The monoisotopic (exact) mass is 310 g/mol. The molecular weight excluding hydrogens is 288 g/mol. The molecule has 0 bridgehead atoms. The number of carbonyl (C=O) groups is 2. The summed E-state index contributed by atoms with van der Waals surface area (Å²) in [6.07, 6.45) is 0. The summed E-state index contributed by atoms with van der Waals surface area (Å²) in [5, 5.41) is 0. The summed E-state index contributed by atoms with van der Waals surface area (Å²) >= 11 is 0. The summed E-state index contributed by atoms with van der Waals surface area (Å²) in [6, 6.07) is 15.3. The number of amides is 2.